The molecule has 230 valence electrons. The molecule has 0 unspecified atom stereocenters. The van der Waals surface area contributed by atoms with Crippen LogP contribution in [0.5, 0.6) is 5.75 Å². The molecule has 1 aliphatic rings. The molecule has 0 aromatic heterocycles. The largest absolute Gasteiger partial charge is 0.497 e. The molecule has 3 aromatic rings. The van der Waals surface area contributed by atoms with Crippen LogP contribution in [0.4, 0.5) is 9.80 Å². The summed E-state index contributed by atoms with van der Waals surface area (Å²) in [6.07, 6.45) is 0.751. The molecule has 0 saturated carbocycles. The fourth-order valence-corrected chi connectivity index (χ4v) is 8.70. The summed E-state index contributed by atoms with van der Waals surface area (Å²) in [5.41, 5.74) is 2.92. The van der Waals surface area contributed by atoms with Gasteiger partial charge in [0.15, 0.2) is 0 Å². The topological polar surface area (TPSA) is 88.1 Å². The number of aliphatic hydroxyl groups excluding tert-OH is 1. The molecular formula is C34H43FN2O5Si. The maximum Gasteiger partial charge on any atom is 0.255 e. The van der Waals surface area contributed by atoms with Gasteiger partial charge in [-0.2, -0.15) is 0 Å². The number of aliphatic hydroxyl groups is 1. The second-order valence-electron chi connectivity index (χ2n) is 11.8. The second-order valence-corrected chi connectivity index (χ2v) is 15.6. The van der Waals surface area contributed by atoms with E-state index in [9.17, 15) is 14.7 Å². The normalized spacial score (nSPS) is 20.0. The SMILES string of the molecule is COc1ccc(C(=O)Nc2cccc(CC[C@@H]3O[C@H](CC(=O)N(CCO)Cc4ccccc4)[C@@H]([Si](C)(C)F)[C@@H]3C)c2)cc1. The van der Waals surface area contributed by atoms with Crippen molar-refractivity contribution in [2.24, 2.45) is 5.92 Å². The first-order chi connectivity index (χ1) is 20.6. The van der Waals surface area contributed by atoms with Crippen LogP contribution < -0.4 is 10.1 Å². The van der Waals surface area contributed by atoms with Crippen LogP contribution in [-0.4, -0.2) is 62.7 Å². The van der Waals surface area contributed by atoms with E-state index in [1.807, 2.05) is 61.5 Å². The number of nitrogens with zero attached hydrogens (tertiary/aromatic N) is 1. The van der Waals surface area contributed by atoms with Crippen molar-refractivity contribution < 1.29 is 28.3 Å². The van der Waals surface area contributed by atoms with Gasteiger partial charge in [-0.1, -0.05) is 49.4 Å². The highest BCUT2D eigenvalue weighted by molar-refractivity contribution is 6.72. The van der Waals surface area contributed by atoms with Crippen molar-refractivity contribution >= 4 is 25.9 Å². The van der Waals surface area contributed by atoms with Crippen LogP contribution in [0.2, 0.25) is 18.6 Å². The molecule has 1 saturated heterocycles. The Morgan fingerprint density at radius 3 is 2.35 bits per heavy atom. The number of benzene rings is 3. The first-order valence-corrected chi connectivity index (χ1v) is 17.9. The van der Waals surface area contributed by atoms with Gasteiger partial charge in [-0.25, -0.2) is 0 Å². The first-order valence-electron chi connectivity index (χ1n) is 14.9. The van der Waals surface area contributed by atoms with Crippen LogP contribution in [0.1, 0.15) is 41.3 Å². The third-order valence-electron chi connectivity index (χ3n) is 8.26. The van der Waals surface area contributed by atoms with E-state index < -0.39 is 14.5 Å². The minimum absolute atomic E-state index is 0.0390. The van der Waals surface area contributed by atoms with E-state index in [0.717, 1.165) is 11.1 Å². The number of carbonyl (C=O) groups is 2. The highest BCUT2D eigenvalue weighted by atomic mass is 28.4. The van der Waals surface area contributed by atoms with Gasteiger partial charge in [-0.15, -0.1) is 0 Å². The summed E-state index contributed by atoms with van der Waals surface area (Å²) in [4.78, 5) is 27.8. The molecule has 4 rings (SSSR count). The lowest BCUT2D eigenvalue weighted by Crippen LogP contribution is -2.40. The predicted molar refractivity (Wildman–Crippen MR) is 169 cm³/mol. The Morgan fingerprint density at radius 2 is 1.70 bits per heavy atom. The zero-order valence-corrected chi connectivity index (χ0v) is 26.5. The summed E-state index contributed by atoms with van der Waals surface area (Å²) in [5, 5.41) is 12.6. The number of hydrogen-bond acceptors (Lipinski definition) is 5. The number of aryl methyl sites for hydroxylation is 1. The van der Waals surface area contributed by atoms with Crippen LogP contribution in [0.15, 0.2) is 78.9 Å². The summed E-state index contributed by atoms with van der Waals surface area (Å²) >= 11 is 0. The van der Waals surface area contributed by atoms with Gasteiger partial charge in [0, 0.05) is 29.9 Å². The van der Waals surface area contributed by atoms with E-state index in [2.05, 4.69) is 5.32 Å². The summed E-state index contributed by atoms with van der Waals surface area (Å²) in [7, 11) is -1.58. The van der Waals surface area contributed by atoms with Crippen molar-refractivity contribution in [2.75, 3.05) is 25.6 Å². The van der Waals surface area contributed by atoms with Crippen LogP contribution in [-0.2, 0) is 22.5 Å². The lowest BCUT2D eigenvalue weighted by atomic mass is 9.95. The van der Waals surface area contributed by atoms with Crippen molar-refractivity contribution in [3.05, 3.63) is 95.6 Å². The molecule has 2 amide bonds. The van der Waals surface area contributed by atoms with Crippen LogP contribution in [0.25, 0.3) is 0 Å². The predicted octanol–water partition coefficient (Wildman–Crippen LogP) is 6.24. The molecule has 4 atom stereocenters. The number of nitrogens with one attached hydrogen (secondary N) is 1. The number of anilines is 1. The van der Waals surface area contributed by atoms with E-state index in [4.69, 9.17) is 9.47 Å². The molecule has 1 aliphatic heterocycles. The molecular weight excluding hydrogens is 563 g/mol. The maximum absolute atomic E-state index is 15.7. The smallest absolute Gasteiger partial charge is 0.255 e. The molecule has 2 N–H and O–H groups in total. The third-order valence-corrected chi connectivity index (χ3v) is 10.7. The number of amides is 2. The fourth-order valence-electron chi connectivity index (χ4n) is 6.15. The van der Waals surface area contributed by atoms with Crippen molar-refractivity contribution in [3.63, 3.8) is 0 Å². The van der Waals surface area contributed by atoms with Crippen LogP contribution in [0, 0.1) is 5.92 Å². The van der Waals surface area contributed by atoms with Crippen molar-refractivity contribution in [3.8, 4) is 5.75 Å². The molecule has 9 heteroatoms. The lowest BCUT2D eigenvalue weighted by molar-refractivity contribution is -0.135. The van der Waals surface area contributed by atoms with Gasteiger partial charge < -0.3 is 28.9 Å². The molecule has 43 heavy (non-hydrogen) atoms. The number of carbonyl (C=O) groups excluding carboxylic acids is 2. The summed E-state index contributed by atoms with van der Waals surface area (Å²) in [6.45, 7) is 5.89. The Bertz CT molecular complexity index is 1350. The van der Waals surface area contributed by atoms with Crippen molar-refractivity contribution in [2.45, 2.75) is 63.6 Å². The van der Waals surface area contributed by atoms with E-state index in [0.29, 0.717) is 36.4 Å². The van der Waals surface area contributed by atoms with E-state index in [-0.39, 0.29) is 48.9 Å². The molecule has 0 bridgehead atoms. The summed E-state index contributed by atoms with van der Waals surface area (Å²) in [5.74, 6) is 0.298. The van der Waals surface area contributed by atoms with Gasteiger partial charge in [0.2, 0.25) is 14.3 Å². The minimum Gasteiger partial charge on any atom is -0.497 e. The van der Waals surface area contributed by atoms with Gasteiger partial charge in [0.25, 0.3) is 5.91 Å². The Kier molecular flexibility index (Phi) is 11.1. The van der Waals surface area contributed by atoms with Gasteiger partial charge in [-0.05, 0) is 79.4 Å². The van der Waals surface area contributed by atoms with E-state index >= 15 is 4.11 Å². The molecule has 0 aliphatic carbocycles. The number of rotatable bonds is 13. The minimum atomic E-state index is -3.16. The molecule has 1 fully saturated rings. The molecule has 3 aromatic carbocycles. The highest BCUT2D eigenvalue weighted by Gasteiger charge is 2.51. The van der Waals surface area contributed by atoms with E-state index in [1.54, 1.807) is 49.4 Å². The standard InChI is InChI=1S/C34H43FN2O5Si/c1-24-30(18-13-25-11-8-12-28(21-25)36-34(40)27-14-16-29(41-2)17-15-27)42-31(33(24)43(3,4)35)22-32(39)37(19-20-38)23-26-9-6-5-7-10-26/h5-12,14-17,21,24,30-31,33,38H,13,18-20,22-23H2,1-4H3,(H,36,40)/t24-,30+,31-,33+/m1/s1. The average molecular weight is 607 g/mol. The maximum atomic E-state index is 15.7. The highest BCUT2D eigenvalue weighted by Crippen LogP contribution is 2.47. The van der Waals surface area contributed by atoms with E-state index in [1.165, 1.54) is 0 Å². The number of methoxy groups -OCH3 is 1. The monoisotopic (exact) mass is 606 g/mol. The number of ether oxygens (including phenoxy) is 2. The van der Waals surface area contributed by atoms with Gasteiger partial charge in [0.1, 0.15) is 5.75 Å². The Hall–Kier alpha value is -3.53. The molecule has 1 heterocycles. The quantitative estimate of drug-likeness (QED) is 0.178. The van der Waals surface area contributed by atoms with Crippen molar-refractivity contribution in [1.29, 1.82) is 0 Å². The number of hydrogen-bond donors (Lipinski definition) is 2. The van der Waals surface area contributed by atoms with Gasteiger partial charge in [-0.3, -0.25) is 9.59 Å². The van der Waals surface area contributed by atoms with Gasteiger partial charge in [0.05, 0.1) is 32.3 Å². The molecule has 0 spiro atoms. The van der Waals surface area contributed by atoms with Crippen molar-refractivity contribution in [1.82, 2.24) is 4.90 Å². The lowest BCUT2D eigenvalue weighted by Gasteiger charge is -2.30. The van der Waals surface area contributed by atoms with Crippen LogP contribution >= 0.6 is 0 Å². The Balaban J connectivity index is 1.39. The first kappa shape index (κ1) is 32.4. The van der Waals surface area contributed by atoms with Gasteiger partial charge >= 0.3 is 0 Å². The molecule has 7 nitrogen and oxygen atoms in total. The summed E-state index contributed by atoms with van der Waals surface area (Å²) in [6, 6.07) is 24.3. The zero-order valence-electron chi connectivity index (χ0n) is 25.5. The number of halogens is 1. The van der Waals surface area contributed by atoms with Crippen LogP contribution in [0.3, 0.4) is 0 Å². The Labute approximate surface area is 255 Å². The average Bonchev–Trinajstić information content (AvgIpc) is 3.31. The zero-order chi connectivity index (χ0) is 31.0. The summed E-state index contributed by atoms with van der Waals surface area (Å²) < 4.78 is 27.3. The third kappa shape index (κ3) is 8.75. The fraction of sp³-hybridized carbons (Fsp3) is 0.412. The Morgan fingerprint density at radius 1 is 1.00 bits per heavy atom. The molecule has 0 radical (unpaired) electrons. The second kappa shape index (κ2) is 14.8.